The van der Waals surface area contributed by atoms with E-state index >= 15 is 0 Å². The molecular weight excluding hydrogens is 328 g/mol. The predicted octanol–water partition coefficient (Wildman–Crippen LogP) is 6.82. The van der Waals surface area contributed by atoms with Gasteiger partial charge in [0.25, 0.3) is 0 Å². The Hall–Kier alpha value is -0.560. The Kier molecular flexibility index (Phi) is 4.62. The molecule has 0 aromatic heterocycles. The zero-order chi connectivity index (χ0) is 18.6. The number of allylic oxidation sites excluding steroid dienone is 3. The third-order valence-electron chi connectivity index (χ3n) is 10.2. The van der Waals surface area contributed by atoms with Gasteiger partial charge in [0, 0.05) is 0 Å². The highest BCUT2D eigenvalue weighted by molar-refractivity contribution is 5.25. The maximum Gasteiger partial charge on any atom is 0.0577 e. The maximum absolute atomic E-state index is 10.2. The van der Waals surface area contributed by atoms with E-state index in [0.717, 1.165) is 36.5 Å². The molecule has 27 heavy (non-hydrogen) atoms. The molecule has 150 valence electrons. The largest absolute Gasteiger partial charge is 0.393 e. The molecule has 0 saturated heterocycles. The summed E-state index contributed by atoms with van der Waals surface area (Å²) < 4.78 is 0. The van der Waals surface area contributed by atoms with Gasteiger partial charge in [-0.05, 0) is 118 Å². The van der Waals surface area contributed by atoms with Crippen LogP contribution in [0.4, 0.5) is 0 Å². The molecule has 1 nitrogen and oxygen atoms in total. The standard InChI is InChI=1S/C26H40O/c1-25-16-14-24-22(11-9-20-17-21(27)13-15-26(20,24)2)23(25)12-10-19(25)8-7-18-5-3-4-6-18/h5,9,19,21-24,27H,3-4,6-8,10-17H2,1-2H3/t19-,21-,22-,23-,24-,25+,26-/m0/s1. The summed E-state index contributed by atoms with van der Waals surface area (Å²) in [6, 6.07) is 0. The van der Waals surface area contributed by atoms with Gasteiger partial charge in [0.2, 0.25) is 0 Å². The number of fused-ring (bicyclic) bond motifs is 5. The van der Waals surface area contributed by atoms with E-state index in [-0.39, 0.29) is 6.10 Å². The first-order valence-electron chi connectivity index (χ1n) is 12.1. The highest BCUT2D eigenvalue weighted by Gasteiger charge is 2.58. The number of aliphatic hydroxyl groups is 1. The van der Waals surface area contributed by atoms with Crippen LogP contribution in [0.2, 0.25) is 0 Å². The molecule has 5 rings (SSSR count). The van der Waals surface area contributed by atoms with Crippen molar-refractivity contribution in [3.63, 3.8) is 0 Å². The minimum absolute atomic E-state index is 0.0736. The average Bonchev–Trinajstić information content (AvgIpc) is 3.28. The lowest BCUT2D eigenvalue weighted by atomic mass is 9.47. The number of hydrogen-bond donors (Lipinski definition) is 1. The van der Waals surface area contributed by atoms with Crippen molar-refractivity contribution in [2.75, 3.05) is 0 Å². The second kappa shape index (κ2) is 6.75. The molecule has 5 aliphatic carbocycles. The first kappa shape index (κ1) is 18.5. The Morgan fingerprint density at radius 2 is 1.93 bits per heavy atom. The zero-order valence-corrected chi connectivity index (χ0v) is 17.7. The summed E-state index contributed by atoms with van der Waals surface area (Å²) in [4.78, 5) is 0. The van der Waals surface area contributed by atoms with Gasteiger partial charge in [-0.2, -0.15) is 0 Å². The van der Waals surface area contributed by atoms with Gasteiger partial charge in [0.05, 0.1) is 6.10 Å². The van der Waals surface area contributed by atoms with E-state index in [0.29, 0.717) is 10.8 Å². The minimum atomic E-state index is -0.0736. The molecule has 1 N–H and O–H groups in total. The van der Waals surface area contributed by atoms with Crippen molar-refractivity contribution in [1.29, 1.82) is 0 Å². The van der Waals surface area contributed by atoms with E-state index in [9.17, 15) is 5.11 Å². The number of rotatable bonds is 3. The van der Waals surface area contributed by atoms with E-state index in [1.165, 1.54) is 70.6 Å². The van der Waals surface area contributed by atoms with Crippen LogP contribution in [-0.2, 0) is 0 Å². The molecule has 0 aromatic carbocycles. The SMILES string of the molecule is C[C@]12CC[C@H]3[C@@H](CC=C4C[C@@H](O)CC[C@@]43C)[C@@H]1CC[C@@H]2CCC1=CCCC1. The Morgan fingerprint density at radius 1 is 1.04 bits per heavy atom. The summed E-state index contributed by atoms with van der Waals surface area (Å²) in [5.41, 5.74) is 4.40. The summed E-state index contributed by atoms with van der Waals surface area (Å²) >= 11 is 0. The van der Waals surface area contributed by atoms with E-state index in [2.05, 4.69) is 26.0 Å². The topological polar surface area (TPSA) is 20.2 Å². The number of aliphatic hydroxyl groups excluding tert-OH is 1. The molecule has 7 atom stereocenters. The van der Waals surface area contributed by atoms with Crippen molar-refractivity contribution in [2.24, 2.45) is 34.5 Å². The lowest BCUT2D eigenvalue weighted by Crippen LogP contribution is -2.50. The van der Waals surface area contributed by atoms with Gasteiger partial charge < -0.3 is 5.11 Å². The lowest BCUT2D eigenvalue weighted by Gasteiger charge is -2.58. The van der Waals surface area contributed by atoms with Gasteiger partial charge in [-0.1, -0.05) is 37.1 Å². The molecule has 3 saturated carbocycles. The molecule has 3 fully saturated rings. The van der Waals surface area contributed by atoms with Gasteiger partial charge in [0.15, 0.2) is 0 Å². The van der Waals surface area contributed by atoms with E-state index < -0.39 is 0 Å². The van der Waals surface area contributed by atoms with Crippen LogP contribution in [0.1, 0.15) is 97.3 Å². The molecule has 5 aliphatic rings. The highest BCUT2D eigenvalue weighted by atomic mass is 16.3. The van der Waals surface area contributed by atoms with Crippen molar-refractivity contribution in [3.8, 4) is 0 Å². The fraction of sp³-hybridized carbons (Fsp3) is 0.846. The first-order valence-corrected chi connectivity index (χ1v) is 12.1. The molecule has 0 aromatic rings. The average molecular weight is 369 g/mol. The van der Waals surface area contributed by atoms with Crippen molar-refractivity contribution in [1.82, 2.24) is 0 Å². The third-order valence-corrected chi connectivity index (χ3v) is 10.2. The van der Waals surface area contributed by atoms with Gasteiger partial charge >= 0.3 is 0 Å². The van der Waals surface area contributed by atoms with Crippen LogP contribution in [-0.4, -0.2) is 11.2 Å². The maximum atomic E-state index is 10.2. The monoisotopic (exact) mass is 368 g/mol. The summed E-state index contributed by atoms with van der Waals surface area (Å²) in [6.07, 6.45) is 22.4. The molecule has 0 aliphatic heterocycles. The fourth-order valence-corrected chi connectivity index (χ4v) is 8.55. The van der Waals surface area contributed by atoms with Crippen molar-refractivity contribution >= 4 is 0 Å². The van der Waals surface area contributed by atoms with Gasteiger partial charge in [-0.3, -0.25) is 0 Å². The molecule has 0 bridgehead atoms. The van der Waals surface area contributed by atoms with E-state index in [1.54, 1.807) is 11.1 Å². The summed E-state index contributed by atoms with van der Waals surface area (Å²) in [7, 11) is 0. The van der Waals surface area contributed by atoms with Crippen LogP contribution in [0.3, 0.4) is 0 Å². The van der Waals surface area contributed by atoms with Gasteiger partial charge in [-0.15, -0.1) is 0 Å². The lowest BCUT2D eigenvalue weighted by molar-refractivity contribution is -0.0505. The predicted molar refractivity (Wildman–Crippen MR) is 112 cm³/mol. The molecule has 1 heteroatoms. The Balaban J connectivity index is 1.34. The van der Waals surface area contributed by atoms with Crippen LogP contribution >= 0.6 is 0 Å². The van der Waals surface area contributed by atoms with E-state index in [4.69, 9.17) is 0 Å². The molecule has 0 radical (unpaired) electrons. The number of hydrogen-bond acceptors (Lipinski definition) is 1. The van der Waals surface area contributed by atoms with Gasteiger partial charge in [0.1, 0.15) is 0 Å². The summed E-state index contributed by atoms with van der Waals surface area (Å²) in [6.45, 7) is 5.24. The molecule has 0 unspecified atom stereocenters. The van der Waals surface area contributed by atoms with Crippen molar-refractivity contribution in [2.45, 2.75) is 103 Å². The van der Waals surface area contributed by atoms with Crippen LogP contribution in [0.15, 0.2) is 23.3 Å². The Morgan fingerprint density at radius 3 is 2.74 bits per heavy atom. The van der Waals surface area contributed by atoms with Crippen molar-refractivity contribution in [3.05, 3.63) is 23.3 Å². The smallest absolute Gasteiger partial charge is 0.0577 e. The highest BCUT2D eigenvalue weighted by Crippen LogP contribution is 2.66. The minimum Gasteiger partial charge on any atom is -0.393 e. The molecule has 0 heterocycles. The van der Waals surface area contributed by atoms with Crippen LogP contribution in [0, 0.1) is 34.5 Å². The third kappa shape index (κ3) is 2.90. The van der Waals surface area contributed by atoms with Crippen LogP contribution in [0.25, 0.3) is 0 Å². The first-order chi connectivity index (χ1) is 13.0. The van der Waals surface area contributed by atoms with Crippen molar-refractivity contribution < 1.29 is 5.11 Å². The molecule has 0 amide bonds. The zero-order valence-electron chi connectivity index (χ0n) is 17.7. The molecule has 0 spiro atoms. The van der Waals surface area contributed by atoms with Gasteiger partial charge in [-0.25, -0.2) is 0 Å². The molecular formula is C26H40O. The van der Waals surface area contributed by atoms with Crippen LogP contribution in [0.5, 0.6) is 0 Å². The Bertz CT molecular complexity index is 645. The Labute approximate surface area is 166 Å². The quantitative estimate of drug-likeness (QED) is 0.542. The second-order valence-corrected chi connectivity index (χ2v) is 11.3. The fourth-order valence-electron chi connectivity index (χ4n) is 8.55. The summed E-state index contributed by atoms with van der Waals surface area (Å²) in [5.74, 6) is 3.74. The normalized spacial score (nSPS) is 49.1. The summed E-state index contributed by atoms with van der Waals surface area (Å²) in [5, 5.41) is 10.2. The van der Waals surface area contributed by atoms with E-state index in [1.807, 2.05) is 0 Å². The van der Waals surface area contributed by atoms with Crippen LogP contribution < -0.4 is 0 Å². The second-order valence-electron chi connectivity index (χ2n) is 11.3.